The van der Waals surface area contributed by atoms with Crippen molar-refractivity contribution in [2.24, 2.45) is 5.41 Å². The maximum atomic E-state index is 11.9. The van der Waals surface area contributed by atoms with Gasteiger partial charge in [-0.1, -0.05) is 32.9 Å². The number of piperazine rings is 1. The van der Waals surface area contributed by atoms with Gasteiger partial charge in [-0.25, -0.2) is 4.79 Å². The maximum absolute atomic E-state index is 11.9. The van der Waals surface area contributed by atoms with Crippen molar-refractivity contribution in [2.75, 3.05) is 18.0 Å². The van der Waals surface area contributed by atoms with Gasteiger partial charge < -0.3 is 10.0 Å². The third-order valence-corrected chi connectivity index (χ3v) is 5.57. The summed E-state index contributed by atoms with van der Waals surface area (Å²) in [5.74, 6) is 0. The van der Waals surface area contributed by atoms with Gasteiger partial charge in [0.25, 0.3) is 0 Å². The summed E-state index contributed by atoms with van der Waals surface area (Å²) in [5, 5.41) is 19.1. The molecule has 2 heterocycles. The molecule has 5 heteroatoms. The Kier molecular flexibility index (Phi) is 3.51. The lowest BCUT2D eigenvalue weighted by atomic mass is 9.71. The van der Waals surface area contributed by atoms with E-state index in [1.54, 1.807) is 4.90 Å². The number of anilines is 1. The SMILES string of the molecule is CC(C)(C)C12CCC(CN(c3ccccc3C#N)C1)N2C(=O)O. The Morgan fingerprint density at radius 1 is 1.39 bits per heavy atom. The van der Waals surface area contributed by atoms with Crippen molar-refractivity contribution in [3.63, 3.8) is 0 Å². The zero-order valence-electron chi connectivity index (χ0n) is 13.9. The Morgan fingerprint density at radius 3 is 2.70 bits per heavy atom. The van der Waals surface area contributed by atoms with E-state index in [2.05, 4.69) is 31.7 Å². The minimum absolute atomic E-state index is 0.00720. The van der Waals surface area contributed by atoms with Crippen LogP contribution in [0.4, 0.5) is 10.5 Å². The van der Waals surface area contributed by atoms with Crippen LogP contribution in [0.3, 0.4) is 0 Å². The van der Waals surface area contributed by atoms with Crippen molar-refractivity contribution in [3.05, 3.63) is 29.8 Å². The fourth-order valence-corrected chi connectivity index (χ4v) is 4.31. The number of nitriles is 1. The minimum Gasteiger partial charge on any atom is -0.465 e. The highest BCUT2D eigenvalue weighted by Gasteiger charge is 2.59. The molecule has 122 valence electrons. The van der Waals surface area contributed by atoms with Gasteiger partial charge in [-0.15, -0.1) is 0 Å². The van der Waals surface area contributed by atoms with Crippen molar-refractivity contribution in [3.8, 4) is 6.07 Å². The number of carboxylic acid groups (broad SMARTS) is 1. The lowest BCUT2D eigenvalue weighted by Crippen LogP contribution is -2.68. The summed E-state index contributed by atoms with van der Waals surface area (Å²) in [7, 11) is 0. The van der Waals surface area contributed by atoms with Crippen LogP contribution in [-0.4, -0.2) is 40.8 Å². The van der Waals surface area contributed by atoms with Crippen LogP contribution in [0, 0.1) is 16.7 Å². The molecule has 2 bridgehead atoms. The second kappa shape index (κ2) is 5.16. The number of fused-ring (bicyclic) bond motifs is 2. The summed E-state index contributed by atoms with van der Waals surface area (Å²) in [6, 6.07) is 9.84. The first-order valence-corrected chi connectivity index (χ1v) is 8.06. The van der Waals surface area contributed by atoms with Gasteiger partial charge in [0.15, 0.2) is 0 Å². The molecule has 3 rings (SSSR count). The monoisotopic (exact) mass is 313 g/mol. The first-order valence-electron chi connectivity index (χ1n) is 8.06. The molecular formula is C18H23N3O2. The smallest absolute Gasteiger partial charge is 0.408 e. The van der Waals surface area contributed by atoms with Gasteiger partial charge in [0.2, 0.25) is 0 Å². The van der Waals surface area contributed by atoms with E-state index < -0.39 is 11.6 Å². The summed E-state index contributed by atoms with van der Waals surface area (Å²) in [6.07, 6.45) is 0.934. The van der Waals surface area contributed by atoms with Gasteiger partial charge in [-0.2, -0.15) is 5.26 Å². The Morgan fingerprint density at radius 2 is 2.09 bits per heavy atom. The summed E-state index contributed by atoms with van der Waals surface area (Å²) in [4.78, 5) is 15.8. The van der Waals surface area contributed by atoms with Crippen LogP contribution in [-0.2, 0) is 0 Å². The zero-order valence-corrected chi connectivity index (χ0v) is 13.9. The molecule has 2 unspecified atom stereocenters. The number of benzene rings is 1. The largest absolute Gasteiger partial charge is 0.465 e. The van der Waals surface area contributed by atoms with Gasteiger partial charge in [0.1, 0.15) is 6.07 Å². The predicted octanol–water partition coefficient (Wildman–Crippen LogP) is 3.31. The van der Waals surface area contributed by atoms with Gasteiger partial charge in [-0.05, 0) is 30.4 Å². The van der Waals surface area contributed by atoms with E-state index in [-0.39, 0.29) is 11.5 Å². The molecule has 2 fully saturated rings. The number of amides is 1. The van der Waals surface area contributed by atoms with E-state index in [1.165, 1.54) is 0 Å². The standard InChI is InChI=1S/C18H23N3O2/c1-17(2,3)18-9-8-14(21(18)16(22)23)11-20(12-18)15-7-5-4-6-13(15)10-19/h4-7,14H,8-9,11-12H2,1-3H3,(H,22,23). The number of para-hydroxylation sites is 1. The molecule has 0 spiro atoms. The molecule has 5 nitrogen and oxygen atoms in total. The van der Waals surface area contributed by atoms with Gasteiger partial charge in [0, 0.05) is 13.1 Å². The molecule has 1 aromatic rings. The highest BCUT2D eigenvalue weighted by Crippen LogP contribution is 2.50. The topological polar surface area (TPSA) is 67.6 Å². The molecule has 1 N–H and O–H groups in total. The molecule has 0 aliphatic carbocycles. The van der Waals surface area contributed by atoms with Crippen LogP contribution < -0.4 is 4.90 Å². The van der Waals surface area contributed by atoms with Crippen molar-refractivity contribution in [1.82, 2.24) is 4.90 Å². The second-order valence-electron chi connectivity index (χ2n) is 7.64. The Hall–Kier alpha value is -2.22. The van der Waals surface area contributed by atoms with E-state index in [0.29, 0.717) is 18.7 Å². The van der Waals surface area contributed by atoms with Crippen LogP contribution >= 0.6 is 0 Å². The van der Waals surface area contributed by atoms with E-state index in [0.717, 1.165) is 18.5 Å². The fourth-order valence-electron chi connectivity index (χ4n) is 4.31. The number of rotatable bonds is 1. The third-order valence-electron chi connectivity index (χ3n) is 5.57. The molecule has 23 heavy (non-hydrogen) atoms. The van der Waals surface area contributed by atoms with E-state index >= 15 is 0 Å². The first kappa shape index (κ1) is 15.7. The average molecular weight is 313 g/mol. The Bertz CT molecular complexity index is 674. The van der Waals surface area contributed by atoms with Crippen molar-refractivity contribution in [1.29, 1.82) is 5.26 Å². The molecule has 0 aromatic heterocycles. The van der Waals surface area contributed by atoms with Gasteiger partial charge in [-0.3, -0.25) is 4.90 Å². The maximum Gasteiger partial charge on any atom is 0.408 e. The van der Waals surface area contributed by atoms with Gasteiger partial charge >= 0.3 is 6.09 Å². The summed E-state index contributed by atoms with van der Waals surface area (Å²) in [6.45, 7) is 7.64. The molecule has 0 radical (unpaired) electrons. The predicted molar refractivity (Wildman–Crippen MR) is 88.4 cm³/mol. The van der Waals surface area contributed by atoms with Crippen molar-refractivity contribution in [2.45, 2.75) is 45.2 Å². The van der Waals surface area contributed by atoms with E-state index in [1.807, 2.05) is 24.3 Å². The molecule has 1 amide bonds. The summed E-state index contributed by atoms with van der Waals surface area (Å²) >= 11 is 0. The lowest BCUT2D eigenvalue weighted by molar-refractivity contribution is 0.00543. The van der Waals surface area contributed by atoms with E-state index in [9.17, 15) is 15.2 Å². The van der Waals surface area contributed by atoms with E-state index in [4.69, 9.17) is 0 Å². The van der Waals surface area contributed by atoms with Crippen LogP contribution in [0.2, 0.25) is 0 Å². The van der Waals surface area contributed by atoms with Crippen LogP contribution in [0.5, 0.6) is 0 Å². The zero-order chi connectivity index (χ0) is 16.8. The molecule has 2 aliphatic rings. The lowest BCUT2D eigenvalue weighted by Gasteiger charge is -2.54. The molecule has 2 saturated heterocycles. The Labute approximate surface area is 137 Å². The first-order chi connectivity index (χ1) is 10.8. The fraction of sp³-hybridized carbons (Fsp3) is 0.556. The van der Waals surface area contributed by atoms with Crippen molar-refractivity contribution >= 4 is 11.8 Å². The third kappa shape index (κ3) is 2.24. The molecular weight excluding hydrogens is 290 g/mol. The van der Waals surface area contributed by atoms with Crippen molar-refractivity contribution < 1.29 is 9.90 Å². The highest BCUT2D eigenvalue weighted by molar-refractivity contribution is 5.69. The van der Waals surface area contributed by atoms with Crippen LogP contribution in [0.1, 0.15) is 39.2 Å². The number of nitrogens with zero attached hydrogens (tertiary/aromatic N) is 3. The number of hydrogen-bond donors (Lipinski definition) is 1. The highest BCUT2D eigenvalue weighted by atomic mass is 16.4. The average Bonchev–Trinajstić information content (AvgIpc) is 2.75. The van der Waals surface area contributed by atoms with Gasteiger partial charge in [0.05, 0.1) is 22.8 Å². The number of carbonyl (C=O) groups is 1. The number of hydrogen-bond acceptors (Lipinski definition) is 3. The van der Waals surface area contributed by atoms with Crippen LogP contribution in [0.15, 0.2) is 24.3 Å². The molecule has 2 atom stereocenters. The summed E-state index contributed by atoms with van der Waals surface area (Å²) < 4.78 is 0. The molecule has 2 aliphatic heterocycles. The van der Waals surface area contributed by atoms with Crippen LogP contribution in [0.25, 0.3) is 0 Å². The second-order valence-corrected chi connectivity index (χ2v) is 7.64. The minimum atomic E-state index is -0.823. The normalized spacial score (nSPS) is 27.0. The molecule has 0 saturated carbocycles. The Balaban J connectivity index is 2.04. The summed E-state index contributed by atoms with van der Waals surface area (Å²) in [5.41, 5.74) is 0.991. The molecule has 1 aromatic carbocycles. The quantitative estimate of drug-likeness (QED) is 0.863.